The van der Waals surface area contributed by atoms with Crippen LogP contribution in [0.1, 0.15) is 26.3 Å². The van der Waals surface area contributed by atoms with Crippen molar-refractivity contribution in [2.24, 2.45) is 0 Å². The molecule has 0 saturated heterocycles. The average Bonchev–Trinajstić information content (AvgIpc) is 2.41. The van der Waals surface area contributed by atoms with E-state index in [1.54, 1.807) is 24.3 Å². The number of benzene rings is 2. The molecule has 0 saturated carbocycles. The molecule has 2 aromatic rings. The third-order valence-corrected chi connectivity index (χ3v) is 2.72. The Morgan fingerprint density at radius 3 is 1.85 bits per heavy atom. The molecule has 0 unspecified atom stereocenters. The van der Waals surface area contributed by atoms with Crippen LogP contribution in [0.4, 0.5) is 0 Å². The minimum atomic E-state index is -1.24. The number of hydrogen-bond donors (Lipinski definition) is 2. The second-order valence-corrected chi connectivity index (χ2v) is 4.21. The van der Waals surface area contributed by atoms with Gasteiger partial charge in [0, 0.05) is 0 Å². The first-order chi connectivity index (χ1) is 9.49. The van der Waals surface area contributed by atoms with Crippen LogP contribution in [-0.2, 0) is 0 Å². The number of para-hydroxylation sites is 1. The number of rotatable bonds is 4. The number of ether oxygens (including phenoxy) is 1. The van der Waals surface area contributed by atoms with Crippen molar-refractivity contribution in [3.05, 3.63) is 59.2 Å². The maximum Gasteiger partial charge on any atom is 0.339 e. The monoisotopic (exact) mass is 272 g/mol. The molecule has 0 spiro atoms. The summed E-state index contributed by atoms with van der Waals surface area (Å²) in [6.07, 6.45) is 0. The molecule has 0 atom stereocenters. The number of carbonyl (C=O) groups is 2. The first kappa shape index (κ1) is 13.6. The van der Waals surface area contributed by atoms with Crippen LogP contribution in [0.15, 0.2) is 42.5 Å². The van der Waals surface area contributed by atoms with Crippen molar-refractivity contribution < 1.29 is 24.5 Å². The van der Waals surface area contributed by atoms with E-state index < -0.39 is 11.9 Å². The summed E-state index contributed by atoms with van der Waals surface area (Å²) in [7, 11) is 0. The van der Waals surface area contributed by atoms with Crippen LogP contribution in [0.25, 0.3) is 0 Å². The molecule has 0 fully saturated rings. The largest absolute Gasteiger partial charge is 0.478 e. The van der Waals surface area contributed by atoms with E-state index in [1.807, 2.05) is 6.92 Å². The van der Waals surface area contributed by atoms with Gasteiger partial charge in [0.15, 0.2) is 5.75 Å². The van der Waals surface area contributed by atoms with Crippen LogP contribution < -0.4 is 4.74 Å². The van der Waals surface area contributed by atoms with E-state index in [9.17, 15) is 9.59 Å². The van der Waals surface area contributed by atoms with Gasteiger partial charge < -0.3 is 14.9 Å². The summed E-state index contributed by atoms with van der Waals surface area (Å²) in [5.41, 5.74) is 0.637. The summed E-state index contributed by atoms with van der Waals surface area (Å²) < 4.78 is 5.46. The number of hydrogen-bond acceptors (Lipinski definition) is 3. The van der Waals surface area contributed by atoms with E-state index in [0.717, 1.165) is 5.56 Å². The Morgan fingerprint density at radius 1 is 0.900 bits per heavy atom. The Morgan fingerprint density at radius 2 is 1.40 bits per heavy atom. The molecule has 2 aromatic carbocycles. The molecule has 2 N–H and O–H groups in total. The maximum atomic E-state index is 11.2. The number of carboxylic acid groups (broad SMARTS) is 2. The van der Waals surface area contributed by atoms with Gasteiger partial charge in [0.1, 0.15) is 16.9 Å². The highest BCUT2D eigenvalue weighted by atomic mass is 16.5. The second-order valence-electron chi connectivity index (χ2n) is 4.21. The van der Waals surface area contributed by atoms with Gasteiger partial charge in [-0.2, -0.15) is 0 Å². The number of aryl methyl sites for hydroxylation is 1. The molecule has 0 aliphatic rings. The molecule has 102 valence electrons. The fourth-order valence-electron chi connectivity index (χ4n) is 1.71. The first-order valence-corrected chi connectivity index (χ1v) is 5.83. The zero-order valence-electron chi connectivity index (χ0n) is 10.7. The summed E-state index contributed by atoms with van der Waals surface area (Å²) >= 11 is 0. The van der Waals surface area contributed by atoms with Gasteiger partial charge in [0.05, 0.1) is 0 Å². The Kier molecular flexibility index (Phi) is 3.70. The zero-order valence-corrected chi connectivity index (χ0v) is 10.7. The lowest BCUT2D eigenvalue weighted by Crippen LogP contribution is -2.06. The molecule has 0 amide bonds. The van der Waals surface area contributed by atoms with Crippen molar-refractivity contribution in [3.8, 4) is 11.5 Å². The number of carboxylic acids is 2. The molecule has 0 aliphatic heterocycles. The van der Waals surface area contributed by atoms with Crippen molar-refractivity contribution in [3.63, 3.8) is 0 Å². The topological polar surface area (TPSA) is 83.8 Å². The van der Waals surface area contributed by atoms with Gasteiger partial charge in [-0.05, 0) is 31.2 Å². The Hall–Kier alpha value is -2.82. The smallest absolute Gasteiger partial charge is 0.339 e. The Balaban J connectivity index is 2.50. The van der Waals surface area contributed by atoms with Crippen LogP contribution in [0.5, 0.6) is 11.5 Å². The summed E-state index contributed by atoms with van der Waals surface area (Å²) in [4.78, 5) is 22.3. The molecular formula is C15H12O5. The van der Waals surface area contributed by atoms with Gasteiger partial charge in [0.2, 0.25) is 0 Å². The second kappa shape index (κ2) is 5.44. The lowest BCUT2D eigenvalue weighted by molar-refractivity contribution is 0.0692. The van der Waals surface area contributed by atoms with Gasteiger partial charge in [-0.15, -0.1) is 0 Å². The van der Waals surface area contributed by atoms with Gasteiger partial charge >= 0.3 is 11.9 Å². The predicted octanol–water partition coefficient (Wildman–Crippen LogP) is 3.18. The summed E-state index contributed by atoms with van der Waals surface area (Å²) in [6, 6.07) is 10.9. The molecule has 0 heterocycles. The Bertz CT molecular complexity index is 626. The minimum Gasteiger partial charge on any atom is -0.478 e. The normalized spacial score (nSPS) is 10.1. The molecule has 2 rings (SSSR count). The zero-order chi connectivity index (χ0) is 14.7. The molecule has 0 radical (unpaired) electrons. The lowest BCUT2D eigenvalue weighted by Gasteiger charge is -2.11. The first-order valence-electron chi connectivity index (χ1n) is 5.83. The molecule has 0 aliphatic carbocycles. The van der Waals surface area contributed by atoms with E-state index in [1.165, 1.54) is 18.2 Å². The molecular weight excluding hydrogens is 260 g/mol. The van der Waals surface area contributed by atoms with Crippen LogP contribution in [0.2, 0.25) is 0 Å². The fourth-order valence-corrected chi connectivity index (χ4v) is 1.71. The van der Waals surface area contributed by atoms with Crippen LogP contribution in [0.3, 0.4) is 0 Å². The maximum absolute atomic E-state index is 11.2. The predicted molar refractivity (Wildman–Crippen MR) is 71.6 cm³/mol. The van der Waals surface area contributed by atoms with E-state index in [0.29, 0.717) is 5.75 Å². The quantitative estimate of drug-likeness (QED) is 0.893. The highest BCUT2D eigenvalue weighted by Gasteiger charge is 2.20. The summed E-state index contributed by atoms with van der Waals surface area (Å²) in [5, 5.41) is 18.2. The van der Waals surface area contributed by atoms with Crippen molar-refractivity contribution in [1.29, 1.82) is 0 Å². The third-order valence-electron chi connectivity index (χ3n) is 2.72. The highest BCUT2D eigenvalue weighted by molar-refractivity contribution is 5.98. The van der Waals surface area contributed by atoms with Gasteiger partial charge in [0.25, 0.3) is 0 Å². The molecule has 0 aromatic heterocycles. The highest BCUT2D eigenvalue weighted by Crippen LogP contribution is 2.29. The minimum absolute atomic E-state index is 0.170. The van der Waals surface area contributed by atoms with Crippen molar-refractivity contribution in [1.82, 2.24) is 0 Å². The van der Waals surface area contributed by atoms with Gasteiger partial charge in [-0.25, -0.2) is 9.59 Å². The Labute approximate surface area is 115 Å². The van der Waals surface area contributed by atoms with Crippen molar-refractivity contribution in [2.45, 2.75) is 6.92 Å². The summed E-state index contributed by atoms with van der Waals surface area (Å²) in [5.74, 6) is -2.27. The van der Waals surface area contributed by atoms with Crippen LogP contribution in [0, 0.1) is 6.92 Å². The fraction of sp³-hybridized carbons (Fsp3) is 0.0667. The van der Waals surface area contributed by atoms with E-state index in [4.69, 9.17) is 14.9 Å². The van der Waals surface area contributed by atoms with Crippen molar-refractivity contribution >= 4 is 11.9 Å². The molecule has 20 heavy (non-hydrogen) atoms. The molecule has 5 heteroatoms. The van der Waals surface area contributed by atoms with Crippen molar-refractivity contribution in [2.75, 3.05) is 0 Å². The summed E-state index contributed by atoms with van der Waals surface area (Å²) in [6.45, 7) is 1.90. The average molecular weight is 272 g/mol. The lowest BCUT2D eigenvalue weighted by atomic mass is 10.1. The molecule has 0 bridgehead atoms. The molecule has 5 nitrogen and oxygen atoms in total. The van der Waals surface area contributed by atoms with E-state index in [-0.39, 0.29) is 16.9 Å². The SMILES string of the molecule is Cc1ccc(Oc2c(C(=O)O)cccc2C(=O)O)cc1. The van der Waals surface area contributed by atoms with Gasteiger partial charge in [-0.3, -0.25) is 0 Å². The van der Waals surface area contributed by atoms with E-state index >= 15 is 0 Å². The van der Waals surface area contributed by atoms with Crippen LogP contribution >= 0.6 is 0 Å². The third kappa shape index (κ3) is 2.77. The van der Waals surface area contributed by atoms with E-state index in [2.05, 4.69) is 0 Å². The standard InChI is InChI=1S/C15H12O5/c1-9-5-7-10(8-6-9)20-13-11(14(16)17)3-2-4-12(13)15(18)19/h2-8H,1H3,(H,16,17)(H,18,19). The van der Waals surface area contributed by atoms with Crippen LogP contribution in [-0.4, -0.2) is 22.2 Å². The van der Waals surface area contributed by atoms with Gasteiger partial charge in [-0.1, -0.05) is 23.8 Å². The number of aromatic carboxylic acids is 2.